The minimum Gasteiger partial charge on any atom is -0.381 e. The molecule has 0 atom stereocenters. The van der Waals surface area contributed by atoms with Crippen LogP contribution in [0.5, 0.6) is 0 Å². The van der Waals surface area contributed by atoms with E-state index in [1.54, 1.807) is 6.92 Å². The van der Waals surface area contributed by atoms with Crippen molar-refractivity contribution < 1.29 is 9.66 Å². The molecule has 0 unspecified atom stereocenters. The molecule has 6 nitrogen and oxygen atoms in total. The summed E-state index contributed by atoms with van der Waals surface area (Å²) in [7, 11) is 0. The van der Waals surface area contributed by atoms with Crippen LogP contribution in [-0.2, 0) is 4.74 Å². The Morgan fingerprint density at radius 1 is 1.53 bits per heavy atom. The molecule has 0 fully saturated rings. The summed E-state index contributed by atoms with van der Waals surface area (Å²) in [6.45, 7) is 5.95. The molecular formula is C12H18BrN3O3. The third kappa shape index (κ3) is 4.76. The molecule has 0 spiro atoms. The number of ether oxygens (including phenoxy) is 1. The molecule has 0 aliphatic rings. The van der Waals surface area contributed by atoms with E-state index < -0.39 is 4.92 Å². The lowest BCUT2D eigenvalue weighted by molar-refractivity contribution is -0.385. The lowest BCUT2D eigenvalue weighted by Gasteiger charge is -2.09. The molecule has 7 heteroatoms. The Labute approximate surface area is 120 Å². The highest BCUT2D eigenvalue weighted by atomic mass is 79.9. The summed E-state index contributed by atoms with van der Waals surface area (Å²) in [5.41, 5.74) is 0.591. The minimum atomic E-state index is -0.435. The molecule has 0 aliphatic heterocycles. The van der Waals surface area contributed by atoms with Crippen LogP contribution in [0.25, 0.3) is 0 Å². The van der Waals surface area contributed by atoms with Crippen molar-refractivity contribution in [2.24, 2.45) is 0 Å². The van der Waals surface area contributed by atoms with Crippen molar-refractivity contribution >= 4 is 27.4 Å². The Kier molecular flexibility index (Phi) is 6.72. The van der Waals surface area contributed by atoms with Crippen molar-refractivity contribution in [3.8, 4) is 0 Å². The third-order valence-electron chi connectivity index (χ3n) is 2.54. The van der Waals surface area contributed by atoms with Gasteiger partial charge in [0.05, 0.1) is 9.40 Å². The Morgan fingerprint density at radius 2 is 2.26 bits per heavy atom. The molecule has 0 radical (unpaired) electrons. The minimum absolute atomic E-state index is 0.0173. The molecule has 1 heterocycles. The van der Waals surface area contributed by atoms with Crippen LogP contribution in [0.15, 0.2) is 10.7 Å². The molecule has 19 heavy (non-hydrogen) atoms. The van der Waals surface area contributed by atoms with Gasteiger partial charge in [-0.1, -0.05) is 6.92 Å². The van der Waals surface area contributed by atoms with Crippen LogP contribution in [-0.4, -0.2) is 29.7 Å². The predicted molar refractivity (Wildman–Crippen MR) is 77.5 cm³/mol. The molecule has 1 rings (SSSR count). The van der Waals surface area contributed by atoms with E-state index in [1.807, 2.05) is 0 Å². The van der Waals surface area contributed by atoms with Crippen LogP contribution >= 0.6 is 15.9 Å². The first-order valence-electron chi connectivity index (χ1n) is 6.19. The summed E-state index contributed by atoms with van der Waals surface area (Å²) in [6, 6.07) is 0. The molecular weight excluding hydrogens is 314 g/mol. The van der Waals surface area contributed by atoms with Crippen molar-refractivity contribution in [2.75, 3.05) is 25.1 Å². The molecule has 0 saturated heterocycles. The zero-order chi connectivity index (χ0) is 14.3. The second-order valence-corrected chi connectivity index (χ2v) is 4.87. The highest BCUT2D eigenvalue weighted by Crippen LogP contribution is 2.30. The molecule has 1 aromatic rings. The van der Waals surface area contributed by atoms with E-state index in [1.165, 1.54) is 6.20 Å². The quantitative estimate of drug-likeness (QED) is 0.449. The van der Waals surface area contributed by atoms with Gasteiger partial charge in [0.15, 0.2) is 0 Å². The standard InChI is InChI=1S/C12H18BrN3O3/c1-3-6-19-7-4-5-14-12-11(13)9(2)10(8-15-12)16(17)18/h8H,3-7H2,1-2H3,(H,14,15). The number of nitrogens with one attached hydrogen (secondary N) is 1. The van der Waals surface area contributed by atoms with Gasteiger partial charge in [0.25, 0.3) is 5.69 Å². The van der Waals surface area contributed by atoms with E-state index in [4.69, 9.17) is 4.74 Å². The summed E-state index contributed by atoms with van der Waals surface area (Å²) >= 11 is 3.33. The Balaban J connectivity index is 2.51. The first kappa shape index (κ1) is 15.8. The van der Waals surface area contributed by atoms with Crippen LogP contribution in [0.4, 0.5) is 11.5 Å². The first-order valence-corrected chi connectivity index (χ1v) is 6.98. The van der Waals surface area contributed by atoms with Crippen LogP contribution in [0, 0.1) is 17.0 Å². The number of anilines is 1. The smallest absolute Gasteiger partial charge is 0.291 e. The Hall–Kier alpha value is -1.21. The molecule has 0 aliphatic carbocycles. The molecule has 1 aromatic heterocycles. The van der Waals surface area contributed by atoms with Crippen molar-refractivity contribution in [2.45, 2.75) is 26.7 Å². The highest BCUT2D eigenvalue weighted by molar-refractivity contribution is 9.10. The van der Waals surface area contributed by atoms with E-state index >= 15 is 0 Å². The average Bonchev–Trinajstić information content (AvgIpc) is 2.38. The summed E-state index contributed by atoms with van der Waals surface area (Å²) < 4.78 is 6.00. The molecule has 106 valence electrons. The van der Waals surface area contributed by atoms with Crippen LogP contribution in [0.2, 0.25) is 0 Å². The lowest BCUT2D eigenvalue weighted by Crippen LogP contribution is -2.08. The fraction of sp³-hybridized carbons (Fsp3) is 0.583. The van der Waals surface area contributed by atoms with E-state index in [2.05, 4.69) is 33.2 Å². The number of hydrogen-bond donors (Lipinski definition) is 1. The van der Waals surface area contributed by atoms with Crippen LogP contribution < -0.4 is 5.32 Å². The van der Waals surface area contributed by atoms with Crippen LogP contribution in [0.3, 0.4) is 0 Å². The Bertz CT molecular complexity index is 440. The third-order valence-corrected chi connectivity index (χ3v) is 3.51. The van der Waals surface area contributed by atoms with Gasteiger partial charge in [0.1, 0.15) is 12.0 Å². The molecule has 0 bridgehead atoms. The van der Waals surface area contributed by atoms with Gasteiger partial charge >= 0.3 is 0 Å². The number of hydrogen-bond acceptors (Lipinski definition) is 5. The summed E-state index contributed by atoms with van der Waals surface area (Å²) in [4.78, 5) is 14.4. The van der Waals surface area contributed by atoms with E-state index in [-0.39, 0.29) is 5.69 Å². The van der Waals surface area contributed by atoms with Gasteiger partial charge in [-0.05, 0) is 35.7 Å². The van der Waals surface area contributed by atoms with E-state index in [0.29, 0.717) is 29.0 Å². The molecule has 0 amide bonds. The monoisotopic (exact) mass is 331 g/mol. The topological polar surface area (TPSA) is 77.3 Å². The second-order valence-electron chi connectivity index (χ2n) is 4.08. The number of halogens is 1. The summed E-state index contributed by atoms with van der Waals surface area (Å²) in [6.07, 6.45) is 3.16. The average molecular weight is 332 g/mol. The van der Waals surface area contributed by atoms with Gasteiger partial charge < -0.3 is 10.1 Å². The Morgan fingerprint density at radius 3 is 2.89 bits per heavy atom. The van der Waals surface area contributed by atoms with Crippen molar-refractivity contribution in [3.05, 3.63) is 26.3 Å². The number of rotatable bonds is 8. The normalized spacial score (nSPS) is 10.5. The maximum atomic E-state index is 10.8. The zero-order valence-electron chi connectivity index (χ0n) is 11.1. The SMILES string of the molecule is CCCOCCCNc1ncc([N+](=O)[O-])c(C)c1Br. The number of nitro groups is 1. The zero-order valence-corrected chi connectivity index (χ0v) is 12.7. The largest absolute Gasteiger partial charge is 0.381 e. The number of aromatic nitrogens is 1. The summed E-state index contributed by atoms with van der Waals surface area (Å²) in [5, 5.41) is 13.9. The van der Waals surface area contributed by atoms with Gasteiger partial charge in [0.2, 0.25) is 0 Å². The second kappa shape index (κ2) is 8.06. The van der Waals surface area contributed by atoms with E-state index in [0.717, 1.165) is 19.4 Å². The van der Waals surface area contributed by atoms with Gasteiger partial charge in [-0.3, -0.25) is 10.1 Å². The predicted octanol–water partition coefficient (Wildman–Crippen LogP) is 3.29. The number of nitrogens with zero attached hydrogens (tertiary/aromatic N) is 2. The van der Waals surface area contributed by atoms with Gasteiger partial charge in [-0.2, -0.15) is 0 Å². The van der Waals surface area contributed by atoms with Gasteiger partial charge in [-0.25, -0.2) is 4.98 Å². The lowest BCUT2D eigenvalue weighted by atomic mass is 10.2. The summed E-state index contributed by atoms with van der Waals surface area (Å²) in [5.74, 6) is 0.624. The maximum absolute atomic E-state index is 10.8. The van der Waals surface area contributed by atoms with Crippen molar-refractivity contribution in [1.82, 2.24) is 4.98 Å². The van der Waals surface area contributed by atoms with Crippen LogP contribution in [0.1, 0.15) is 25.3 Å². The van der Waals surface area contributed by atoms with Crippen molar-refractivity contribution in [3.63, 3.8) is 0 Å². The molecule has 1 N–H and O–H groups in total. The fourth-order valence-corrected chi connectivity index (χ4v) is 1.95. The molecule has 0 aromatic carbocycles. The maximum Gasteiger partial charge on any atom is 0.291 e. The number of pyridine rings is 1. The van der Waals surface area contributed by atoms with Crippen molar-refractivity contribution in [1.29, 1.82) is 0 Å². The fourth-order valence-electron chi connectivity index (χ4n) is 1.50. The molecule has 0 saturated carbocycles. The first-order chi connectivity index (χ1) is 9.07. The van der Waals surface area contributed by atoms with Gasteiger partial charge in [0, 0.05) is 25.3 Å². The van der Waals surface area contributed by atoms with Gasteiger partial charge in [-0.15, -0.1) is 0 Å². The highest BCUT2D eigenvalue weighted by Gasteiger charge is 2.16. The van der Waals surface area contributed by atoms with E-state index in [9.17, 15) is 10.1 Å².